The Morgan fingerprint density at radius 3 is 2.83 bits per heavy atom. The Morgan fingerprint density at radius 1 is 1.20 bits per heavy atom. The molecule has 2 aliphatic rings. The second-order valence-corrected chi connectivity index (χ2v) is 12.9. The van der Waals surface area contributed by atoms with Crippen LogP contribution >= 0.6 is 6.72 Å². The van der Waals surface area contributed by atoms with Crippen LogP contribution in [0.3, 0.4) is 0 Å². The summed E-state index contributed by atoms with van der Waals surface area (Å²) in [6.07, 6.45) is 7.38. The van der Waals surface area contributed by atoms with E-state index in [9.17, 15) is 14.5 Å². The lowest BCUT2D eigenvalue weighted by molar-refractivity contribution is -0.0310. The topological polar surface area (TPSA) is 182 Å². The number of unbranched alkanes of at least 4 members (excludes halogenated alkanes) is 2. The van der Waals surface area contributed by atoms with Gasteiger partial charge in [-0.15, -0.1) is 0 Å². The Bertz CT molecular complexity index is 1510. The molecule has 0 spiro atoms. The maximum Gasteiger partial charge on any atom is 0.330 e. The third-order valence-corrected chi connectivity index (χ3v) is 8.79. The number of H-pyrrole nitrogens is 1. The van der Waals surface area contributed by atoms with E-state index in [4.69, 9.17) is 36.1 Å². The Hall–Kier alpha value is -2.52. The number of imidazole rings is 1. The quantitative estimate of drug-likeness (QED) is 0.218. The standard InChI is InChI=1S/C24H34N7O7PS/c1-3-4-5-6-16-17(9-19(37-16)30-10-14(2)23(32)29-24(30)33)38-39(34,40)35-11-15-7-8-18(36-15)31-13-28-20-21(25)26-12-27-22(20)31/h10,12-13,15-19H,3-9,11H2,1-2H3,(H,34,40)(H2,25,26,27)(H,29,32,33)/t15-,16+,17+,18+,19+,39?/m0/s1. The fourth-order valence-corrected chi connectivity index (χ4v) is 6.60. The molecule has 0 radical (unpaired) electrons. The molecule has 2 aliphatic heterocycles. The van der Waals surface area contributed by atoms with Crippen LogP contribution in [0.2, 0.25) is 0 Å². The molecule has 0 saturated carbocycles. The molecule has 40 heavy (non-hydrogen) atoms. The molecule has 2 fully saturated rings. The van der Waals surface area contributed by atoms with E-state index >= 15 is 0 Å². The van der Waals surface area contributed by atoms with Crippen LogP contribution in [-0.4, -0.2) is 58.9 Å². The van der Waals surface area contributed by atoms with Crippen molar-refractivity contribution in [3.8, 4) is 0 Å². The van der Waals surface area contributed by atoms with Crippen molar-refractivity contribution in [1.29, 1.82) is 0 Å². The summed E-state index contributed by atoms with van der Waals surface area (Å²) in [6, 6.07) is 0. The molecule has 3 aromatic rings. The van der Waals surface area contributed by atoms with E-state index in [1.165, 1.54) is 17.1 Å². The Kier molecular flexibility index (Phi) is 8.80. The van der Waals surface area contributed by atoms with Gasteiger partial charge in [0.1, 0.15) is 24.3 Å². The van der Waals surface area contributed by atoms with E-state index in [2.05, 4.69) is 26.9 Å². The van der Waals surface area contributed by atoms with Gasteiger partial charge in [-0.3, -0.25) is 18.9 Å². The first-order valence-corrected chi connectivity index (χ1v) is 16.0. The van der Waals surface area contributed by atoms with Gasteiger partial charge in [-0.1, -0.05) is 26.2 Å². The van der Waals surface area contributed by atoms with Gasteiger partial charge in [-0.05, 0) is 38.0 Å². The summed E-state index contributed by atoms with van der Waals surface area (Å²) in [7, 11) is 0. The molecular weight excluding hydrogens is 561 g/mol. The summed E-state index contributed by atoms with van der Waals surface area (Å²) in [5, 5.41) is 0. The van der Waals surface area contributed by atoms with E-state index in [1.54, 1.807) is 17.8 Å². The summed E-state index contributed by atoms with van der Waals surface area (Å²) in [5.41, 5.74) is 6.35. The van der Waals surface area contributed by atoms with Crippen molar-refractivity contribution in [2.24, 2.45) is 0 Å². The van der Waals surface area contributed by atoms with Crippen molar-refractivity contribution in [3.63, 3.8) is 0 Å². The van der Waals surface area contributed by atoms with E-state index in [0.29, 0.717) is 41.8 Å². The zero-order valence-corrected chi connectivity index (χ0v) is 24.1. The highest BCUT2D eigenvalue weighted by Gasteiger charge is 2.40. The molecule has 0 bridgehead atoms. The van der Waals surface area contributed by atoms with Gasteiger partial charge in [0.05, 0.1) is 31.2 Å². The number of nitrogens with two attached hydrogens (primary N) is 1. The van der Waals surface area contributed by atoms with Gasteiger partial charge >= 0.3 is 12.4 Å². The van der Waals surface area contributed by atoms with Gasteiger partial charge in [-0.25, -0.2) is 19.7 Å². The highest BCUT2D eigenvalue weighted by atomic mass is 32.5. The van der Waals surface area contributed by atoms with Crippen LogP contribution < -0.4 is 17.0 Å². The zero-order valence-electron chi connectivity index (χ0n) is 22.3. The summed E-state index contributed by atoms with van der Waals surface area (Å²) in [6.45, 7) is 0.0928. The predicted octanol–water partition coefficient (Wildman–Crippen LogP) is 2.43. The third-order valence-electron chi connectivity index (χ3n) is 7.20. The van der Waals surface area contributed by atoms with E-state index < -0.39 is 36.4 Å². The lowest BCUT2D eigenvalue weighted by Crippen LogP contribution is -2.33. The number of aryl methyl sites for hydroxylation is 1. The number of hydrogen-bond acceptors (Lipinski definition) is 11. The Labute approximate surface area is 235 Å². The molecule has 0 aromatic carbocycles. The maximum absolute atomic E-state index is 12.5. The fraction of sp³-hybridized carbons (Fsp3) is 0.625. The minimum absolute atomic E-state index is 0.0457. The van der Waals surface area contributed by atoms with Crippen LogP contribution in [0.15, 0.2) is 28.4 Å². The summed E-state index contributed by atoms with van der Waals surface area (Å²) in [4.78, 5) is 50.0. The molecular formula is C24H34N7O7PS. The van der Waals surface area contributed by atoms with Crippen LogP contribution in [0.25, 0.3) is 11.2 Å². The molecule has 6 atom stereocenters. The number of ether oxygens (including phenoxy) is 2. The molecule has 14 nitrogen and oxygen atoms in total. The van der Waals surface area contributed by atoms with Gasteiger partial charge in [0.2, 0.25) is 0 Å². The van der Waals surface area contributed by atoms with E-state index in [1.807, 2.05) is 0 Å². The molecule has 2 saturated heterocycles. The molecule has 1 unspecified atom stereocenters. The number of nitrogen functional groups attached to an aromatic ring is 1. The number of anilines is 1. The number of aromatic nitrogens is 6. The van der Waals surface area contributed by atoms with Crippen molar-refractivity contribution in [1.82, 2.24) is 29.1 Å². The maximum atomic E-state index is 12.5. The SMILES string of the molecule is CCCCC[C@H]1O[C@@H](n2cc(C)c(=O)[nH]c2=O)C[C@H]1OP(O)(=S)OC[C@@H]1CC[C@H](n2cnc3c(N)ncnc32)O1. The lowest BCUT2D eigenvalue weighted by Gasteiger charge is -2.24. The van der Waals surface area contributed by atoms with Crippen molar-refractivity contribution in [3.05, 3.63) is 45.3 Å². The normalized spacial score (nSPS) is 26.4. The number of hydrogen-bond donors (Lipinski definition) is 3. The van der Waals surface area contributed by atoms with E-state index in [0.717, 1.165) is 19.3 Å². The van der Waals surface area contributed by atoms with Crippen molar-refractivity contribution in [2.75, 3.05) is 12.3 Å². The molecule has 5 rings (SSSR count). The van der Waals surface area contributed by atoms with Crippen LogP contribution in [0.4, 0.5) is 5.82 Å². The van der Waals surface area contributed by atoms with Crippen molar-refractivity contribution in [2.45, 2.75) is 89.6 Å². The van der Waals surface area contributed by atoms with Crippen LogP contribution in [0.5, 0.6) is 0 Å². The molecule has 218 valence electrons. The van der Waals surface area contributed by atoms with Gasteiger partial charge in [-0.2, -0.15) is 0 Å². The van der Waals surface area contributed by atoms with Crippen LogP contribution in [0.1, 0.15) is 69.9 Å². The summed E-state index contributed by atoms with van der Waals surface area (Å²) < 4.78 is 27.1. The van der Waals surface area contributed by atoms with Gasteiger partial charge in [0, 0.05) is 18.2 Å². The smallest absolute Gasteiger partial charge is 0.330 e. The average molecular weight is 596 g/mol. The van der Waals surface area contributed by atoms with E-state index in [-0.39, 0.29) is 25.4 Å². The third kappa shape index (κ3) is 6.35. The molecule has 0 aliphatic carbocycles. The second-order valence-electron chi connectivity index (χ2n) is 10.1. The predicted molar refractivity (Wildman–Crippen MR) is 149 cm³/mol. The summed E-state index contributed by atoms with van der Waals surface area (Å²) >= 11 is 5.36. The lowest BCUT2D eigenvalue weighted by atomic mass is 10.1. The number of aromatic amines is 1. The van der Waals surface area contributed by atoms with Crippen molar-refractivity contribution < 1.29 is 23.4 Å². The minimum atomic E-state index is -3.67. The molecule has 16 heteroatoms. The molecule has 4 N–H and O–H groups in total. The number of nitrogens with one attached hydrogen (secondary N) is 1. The number of rotatable bonds is 11. The highest BCUT2D eigenvalue weighted by Crippen LogP contribution is 2.50. The summed E-state index contributed by atoms with van der Waals surface area (Å²) in [5.74, 6) is 0.298. The first kappa shape index (κ1) is 29.0. The first-order chi connectivity index (χ1) is 19.1. The Balaban J connectivity index is 1.21. The van der Waals surface area contributed by atoms with Gasteiger partial charge in [0.25, 0.3) is 5.56 Å². The highest BCUT2D eigenvalue weighted by molar-refractivity contribution is 8.07. The zero-order chi connectivity index (χ0) is 28.4. The monoisotopic (exact) mass is 595 g/mol. The van der Waals surface area contributed by atoms with Gasteiger partial charge in [0.15, 0.2) is 11.5 Å². The minimum Gasteiger partial charge on any atom is -0.382 e. The molecule has 0 amide bonds. The first-order valence-electron chi connectivity index (χ1n) is 13.4. The number of fused-ring (bicyclic) bond motifs is 1. The molecule has 5 heterocycles. The van der Waals surface area contributed by atoms with Crippen LogP contribution in [0, 0.1) is 6.92 Å². The Morgan fingerprint density at radius 2 is 2.02 bits per heavy atom. The number of nitrogens with zero attached hydrogens (tertiary/aromatic N) is 5. The van der Waals surface area contributed by atoms with Crippen LogP contribution in [-0.2, 0) is 30.3 Å². The second kappa shape index (κ2) is 12.1. The largest absolute Gasteiger partial charge is 0.382 e. The van der Waals surface area contributed by atoms with Crippen molar-refractivity contribution >= 4 is 35.5 Å². The average Bonchev–Trinajstić information content (AvgIpc) is 3.64. The molecule has 3 aromatic heterocycles. The van der Waals surface area contributed by atoms with Gasteiger partial charge < -0.3 is 29.1 Å². The fourth-order valence-electron chi connectivity index (χ4n) is 5.11.